The van der Waals surface area contributed by atoms with E-state index in [0.717, 1.165) is 22.3 Å². The Morgan fingerprint density at radius 3 is 2.60 bits per heavy atom. The van der Waals surface area contributed by atoms with Crippen molar-refractivity contribution in [1.29, 1.82) is 0 Å². The van der Waals surface area contributed by atoms with Crippen LogP contribution in [0.3, 0.4) is 0 Å². The zero-order valence-corrected chi connectivity index (χ0v) is 12.3. The van der Waals surface area contributed by atoms with E-state index in [2.05, 4.69) is 4.98 Å². The fourth-order valence-corrected chi connectivity index (χ4v) is 2.49. The number of para-hydroxylation sites is 1. The number of carboxylic acids is 1. The quantitative estimate of drug-likeness (QED) is 0.928. The summed E-state index contributed by atoms with van der Waals surface area (Å²) in [5, 5.41) is 10.5. The van der Waals surface area contributed by atoms with Crippen molar-refractivity contribution in [3.63, 3.8) is 0 Å². The van der Waals surface area contributed by atoms with Gasteiger partial charge in [-0.15, -0.1) is 0 Å². The monoisotopic (exact) mass is 272 g/mol. The molecule has 1 heterocycles. The van der Waals surface area contributed by atoms with Crippen LogP contribution in [0.15, 0.2) is 30.3 Å². The molecule has 4 nitrogen and oxygen atoms in total. The number of benzene rings is 1. The van der Waals surface area contributed by atoms with Crippen LogP contribution in [0.5, 0.6) is 0 Å². The maximum atomic E-state index is 11.6. The van der Waals surface area contributed by atoms with Crippen molar-refractivity contribution in [1.82, 2.24) is 4.98 Å². The topological polar surface area (TPSA) is 53.4 Å². The van der Waals surface area contributed by atoms with Crippen molar-refractivity contribution < 1.29 is 9.90 Å². The maximum Gasteiger partial charge on any atom is 0.328 e. The van der Waals surface area contributed by atoms with Crippen LogP contribution in [0.1, 0.15) is 26.5 Å². The van der Waals surface area contributed by atoms with Gasteiger partial charge in [-0.25, -0.2) is 4.79 Å². The van der Waals surface area contributed by atoms with Crippen LogP contribution in [-0.2, 0) is 4.79 Å². The molecule has 4 heteroatoms. The van der Waals surface area contributed by atoms with Crippen LogP contribution >= 0.6 is 0 Å². The second kappa shape index (κ2) is 5.12. The van der Waals surface area contributed by atoms with Gasteiger partial charge in [0.15, 0.2) is 0 Å². The third-order valence-electron chi connectivity index (χ3n) is 3.63. The van der Waals surface area contributed by atoms with E-state index < -0.39 is 11.5 Å². The highest BCUT2D eigenvalue weighted by Gasteiger charge is 2.34. The number of hydrogen-bond donors (Lipinski definition) is 1. The van der Waals surface area contributed by atoms with Crippen molar-refractivity contribution in [2.75, 3.05) is 11.4 Å². The van der Waals surface area contributed by atoms with Crippen LogP contribution in [0.4, 0.5) is 5.69 Å². The number of hydrogen-bond acceptors (Lipinski definition) is 3. The Kier molecular flexibility index (Phi) is 3.66. The second-order valence-corrected chi connectivity index (χ2v) is 5.41. The minimum absolute atomic E-state index is 0.618. The van der Waals surface area contributed by atoms with Gasteiger partial charge in [0.05, 0.1) is 5.52 Å². The predicted molar refractivity (Wildman–Crippen MR) is 81.2 cm³/mol. The molecule has 0 atom stereocenters. The molecule has 0 aliphatic heterocycles. The van der Waals surface area contributed by atoms with Gasteiger partial charge in [0.25, 0.3) is 0 Å². The Morgan fingerprint density at radius 1 is 1.35 bits per heavy atom. The lowest BCUT2D eigenvalue weighted by molar-refractivity contribution is -0.142. The van der Waals surface area contributed by atoms with E-state index in [0.29, 0.717) is 6.54 Å². The molecule has 0 bridgehead atoms. The zero-order chi connectivity index (χ0) is 14.9. The first-order valence-corrected chi connectivity index (χ1v) is 6.75. The first-order valence-electron chi connectivity index (χ1n) is 6.75. The van der Waals surface area contributed by atoms with Gasteiger partial charge in [-0.1, -0.05) is 18.2 Å². The van der Waals surface area contributed by atoms with Gasteiger partial charge in [-0.3, -0.25) is 4.98 Å². The molecular weight excluding hydrogens is 252 g/mol. The molecule has 2 rings (SSSR count). The summed E-state index contributed by atoms with van der Waals surface area (Å²) in [4.78, 5) is 18.0. The number of pyridine rings is 1. The van der Waals surface area contributed by atoms with E-state index in [1.165, 1.54) is 0 Å². The highest BCUT2D eigenvalue weighted by atomic mass is 16.4. The molecule has 0 aliphatic carbocycles. The third-order valence-corrected chi connectivity index (χ3v) is 3.63. The van der Waals surface area contributed by atoms with E-state index in [4.69, 9.17) is 0 Å². The number of aromatic nitrogens is 1. The molecule has 0 saturated carbocycles. The number of carbonyl (C=O) groups is 1. The Labute approximate surface area is 119 Å². The van der Waals surface area contributed by atoms with E-state index in [9.17, 15) is 9.90 Å². The standard InChI is InChI=1S/C16H20N2O2/c1-5-18(16(3,4)15(19)20)14-10-11(2)17-13-9-7-6-8-12(13)14/h6-10H,5H2,1-4H3,(H,19,20). The van der Waals surface area contributed by atoms with E-state index in [-0.39, 0.29) is 0 Å². The molecule has 0 amide bonds. The van der Waals surface area contributed by atoms with Gasteiger partial charge < -0.3 is 10.0 Å². The summed E-state index contributed by atoms with van der Waals surface area (Å²) in [5.41, 5.74) is 1.73. The molecule has 0 radical (unpaired) electrons. The van der Waals surface area contributed by atoms with E-state index in [1.807, 2.05) is 49.1 Å². The zero-order valence-electron chi connectivity index (χ0n) is 12.3. The van der Waals surface area contributed by atoms with Crippen molar-refractivity contribution in [3.8, 4) is 0 Å². The molecule has 2 aromatic rings. The number of likely N-dealkylation sites (N-methyl/N-ethyl adjacent to an activating group) is 1. The molecule has 0 fully saturated rings. The molecule has 1 aromatic heterocycles. The molecule has 0 unspecified atom stereocenters. The third kappa shape index (κ3) is 2.33. The molecule has 0 saturated heterocycles. The average Bonchev–Trinajstić information content (AvgIpc) is 2.38. The van der Waals surface area contributed by atoms with Crippen molar-refractivity contribution in [2.24, 2.45) is 0 Å². The van der Waals surface area contributed by atoms with Gasteiger partial charge in [0.2, 0.25) is 0 Å². The lowest BCUT2D eigenvalue weighted by Crippen LogP contribution is -2.50. The summed E-state index contributed by atoms with van der Waals surface area (Å²) < 4.78 is 0. The summed E-state index contributed by atoms with van der Waals surface area (Å²) in [6.07, 6.45) is 0. The van der Waals surface area contributed by atoms with Gasteiger partial charge in [-0.05, 0) is 39.8 Å². The minimum Gasteiger partial charge on any atom is -0.480 e. The van der Waals surface area contributed by atoms with E-state index in [1.54, 1.807) is 13.8 Å². The van der Waals surface area contributed by atoms with Crippen LogP contribution < -0.4 is 4.90 Å². The molecule has 1 N–H and O–H groups in total. The highest BCUT2D eigenvalue weighted by Crippen LogP contribution is 2.31. The Hall–Kier alpha value is -2.10. The number of anilines is 1. The van der Waals surface area contributed by atoms with Gasteiger partial charge in [0, 0.05) is 23.3 Å². The molecule has 20 heavy (non-hydrogen) atoms. The largest absolute Gasteiger partial charge is 0.480 e. The summed E-state index contributed by atoms with van der Waals surface area (Å²) in [7, 11) is 0. The summed E-state index contributed by atoms with van der Waals surface area (Å²) >= 11 is 0. The molecule has 0 spiro atoms. The average molecular weight is 272 g/mol. The molecule has 106 valence electrons. The predicted octanol–water partition coefficient (Wildman–Crippen LogP) is 3.23. The summed E-state index contributed by atoms with van der Waals surface area (Å²) in [6.45, 7) is 7.96. The SMILES string of the molecule is CCN(c1cc(C)nc2ccccc12)C(C)(C)C(=O)O. The van der Waals surface area contributed by atoms with Crippen molar-refractivity contribution >= 4 is 22.6 Å². The van der Waals surface area contributed by atoms with Crippen LogP contribution in [-0.4, -0.2) is 28.1 Å². The fraction of sp³-hybridized carbons (Fsp3) is 0.375. The highest BCUT2D eigenvalue weighted by molar-refractivity contribution is 5.95. The van der Waals surface area contributed by atoms with Gasteiger partial charge >= 0.3 is 5.97 Å². The second-order valence-electron chi connectivity index (χ2n) is 5.41. The minimum atomic E-state index is -0.967. The normalized spacial score (nSPS) is 11.6. The summed E-state index contributed by atoms with van der Waals surface area (Å²) in [5.74, 6) is -0.835. The number of fused-ring (bicyclic) bond motifs is 1. The summed E-state index contributed by atoms with van der Waals surface area (Å²) in [6, 6.07) is 9.78. The number of nitrogens with zero attached hydrogens (tertiary/aromatic N) is 2. The first-order chi connectivity index (χ1) is 9.37. The van der Waals surface area contributed by atoms with Crippen LogP contribution in [0, 0.1) is 6.92 Å². The first kappa shape index (κ1) is 14.3. The van der Waals surface area contributed by atoms with Crippen molar-refractivity contribution in [2.45, 2.75) is 33.2 Å². The molecular formula is C16H20N2O2. The Bertz CT molecular complexity index is 650. The smallest absolute Gasteiger partial charge is 0.328 e. The maximum absolute atomic E-state index is 11.6. The van der Waals surface area contributed by atoms with Gasteiger partial charge in [0.1, 0.15) is 5.54 Å². The number of rotatable bonds is 4. The number of aliphatic carboxylic acids is 1. The number of carboxylic acid groups (broad SMARTS) is 1. The Balaban J connectivity index is 2.69. The molecule has 0 aliphatic rings. The van der Waals surface area contributed by atoms with Crippen LogP contribution in [0.2, 0.25) is 0 Å². The Morgan fingerprint density at radius 2 is 2.00 bits per heavy atom. The van der Waals surface area contributed by atoms with Crippen molar-refractivity contribution in [3.05, 3.63) is 36.0 Å². The fourth-order valence-electron chi connectivity index (χ4n) is 2.49. The van der Waals surface area contributed by atoms with Crippen LogP contribution in [0.25, 0.3) is 10.9 Å². The number of aryl methyl sites for hydroxylation is 1. The lowest BCUT2D eigenvalue weighted by atomic mass is 10.0. The molecule has 1 aromatic carbocycles. The van der Waals surface area contributed by atoms with E-state index >= 15 is 0 Å². The lowest BCUT2D eigenvalue weighted by Gasteiger charge is -2.37. The van der Waals surface area contributed by atoms with Gasteiger partial charge in [-0.2, -0.15) is 0 Å².